The number of carbonyl (C=O) groups excluding carboxylic acids is 1. The van der Waals surface area contributed by atoms with Crippen LogP contribution in [0, 0.1) is 0 Å². The molecule has 2 aromatic carbocycles. The fourth-order valence-electron chi connectivity index (χ4n) is 3.21. The second kappa shape index (κ2) is 5.74. The van der Waals surface area contributed by atoms with Crippen molar-refractivity contribution in [3.63, 3.8) is 0 Å². The Morgan fingerprint density at radius 1 is 1.04 bits per heavy atom. The molecule has 2 aliphatic rings. The van der Waals surface area contributed by atoms with Crippen LogP contribution in [0.2, 0.25) is 0 Å². The number of nitrogens with zero attached hydrogens (tertiary/aromatic N) is 2. The zero-order valence-corrected chi connectivity index (χ0v) is 17.0. The molecule has 2 heterocycles. The summed E-state index contributed by atoms with van der Waals surface area (Å²) in [5.41, 5.74) is 2.43. The van der Waals surface area contributed by atoms with Crippen LogP contribution in [-0.4, -0.2) is 26.0 Å². The Labute approximate surface area is 151 Å². The van der Waals surface area contributed by atoms with Gasteiger partial charge in [-0.05, 0) is 0 Å². The molecule has 1 amide bonds. The van der Waals surface area contributed by atoms with Gasteiger partial charge in [0, 0.05) is 0 Å². The van der Waals surface area contributed by atoms with Gasteiger partial charge in [-0.2, -0.15) is 0 Å². The second-order valence-corrected chi connectivity index (χ2v) is 17.6. The minimum absolute atomic E-state index is 0.116. The summed E-state index contributed by atoms with van der Waals surface area (Å²) >= 11 is -3.75. The summed E-state index contributed by atoms with van der Waals surface area (Å²) in [6.45, 7) is 0. The average molecular weight is 444 g/mol. The quantitative estimate of drug-likeness (QED) is 0.676. The zero-order valence-electron chi connectivity index (χ0n) is 13.0. The maximum absolute atomic E-state index is 12.6. The molecule has 1 fully saturated rings. The Morgan fingerprint density at radius 2 is 1.79 bits per heavy atom. The van der Waals surface area contributed by atoms with Gasteiger partial charge in [0.25, 0.3) is 0 Å². The van der Waals surface area contributed by atoms with Crippen molar-refractivity contribution in [2.24, 2.45) is 0 Å². The number of benzene rings is 2. The molecule has 124 valence electrons. The molecule has 4 rings (SSSR count). The fraction of sp³-hybridized carbons (Fsp3) is 0.188. The monoisotopic (exact) mass is 442 g/mol. The number of halogens is 2. The molecule has 1 saturated heterocycles. The molecule has 8 heteroatoms. The third-order valence-electron chi connectivity index (χ3n) is 4.36. The van der Waals surface area contributed by atoms with Gasteiger partial charge in [-0.25, -0.2) is 0 Å². The molecular weight excluding hydrogens is 430 g/mol. The number of methoxy groups -OCH3 is 2. The van der Waals surface area contributed by atoms with Crippen molar-refractivity contribution >= 4 is 22.9 Å². The molecule has 0 aromatic heterocycles. The molecule has 5 nitrogen and oxygen atoms in total. The molecule has 0 bridgehead atoms. The van der Waals surface area contributed by atoms with Gasteiger partial charge in [0.15, 0.2) is 0 Å². The standard InChI is InChI=1S/C16H14N2O3.2ClH.Zr/c1-20-10-7-8-13(14(9-10)21-2)15-11-5-3-4-6-12(11)16(19)18-17-15;;;/h3-9,15H,1-2H3;2*1H;/q-2;;;+4/p-2. The van der Waals surface area contributed by atoms with E-state index >= 15 is 0 Å². The molecule has 2 aliphatic heterocycles. The van der Waals surface area contributed by atoms with Crippen molar-refractivity contribution in [2.75, 3.05) is 14.2 Å². The number of hydrazine groups is 1. The fourth-order valence-corrected chi connectivity index (χ4v) is 13.8. The van der Waals surface area contributed by atoms with Crippen molar-refractivity contribution in [2.45, 2.75) is 6.04 Å². The Kier molecular flexibility index (Phi) is 3.92. The molecule has 0 saturated carbocycles. The number of carbonyl (C=O) groups is 1. The summed E-state index contributed by atoms with van der Waals surface area (Å²) in [6, 6.07) is 12.9. The van der Waals surface area contributed by atoms with Crippen LogP contribution in [0.15, 0.2) is 42.5 Å². The number of hydrogen-bond donors (Lipinski definition) is 0. The number of hydrogen-bond acceptors (Lipinski definition) is 4. The molecular formula is C16H14Cl2N2O3Zr. The Balaban J connectivity index is 1.91. The van der Waals surface area contributed by atoms with Crippen LogP contribution in [0.3, 0.4) is 0 Å². The van der Waals surface area contributed by atoms with E-state index < -0.39 is 18.5 Å². The third-order valence-corrected chi connectivity index (χ3v) is 12.6. The van der Waals surface area contributed by atoms with Crippen molar-refractivity contribution < 1.29 is 32.7 Å². The average Bonchev–Trinajstić information content (AvgIpc) is 3.17. The number of fused-ring (bicyclic) bond motifs is 2. The third kappa shape index (κ3) is 2.24. The van der Waals surface area contributed by atoms with Gasteiger partial charge in [-0.15, -0.1) is 0 Å². The van der Waals surface area contributed by atoms with Crippen LogP contribution in [0.25, 0.3) is 0 Å². The molecule has 2 atom stereocenters. The van der Waals surface area contributed by atoms with Crippen LogP contribution in [0.5, 0.6) is 11.5 Å². The van der Waals surface area contributed by atoms with Crippen LogP contribution < -0.4 is 9.47 Å². The van der Waals surface area contributed by atoms with Crippen molar-refractivity contribution in [1.82, 2.24) is 5.91 Å². The zero-order chi connectivity index (χ0) is 17.1. The van der Waals surface area contributed by atoms with E-state index in [1.807, 2.05) is 45.4 Å². The van der Waals surface area contributed by atoms with E-state index in [1.165, 1.54) is 0 Å². The Bertz CT molecular complexity index is 846. The topological polar surface area (TPSA) is 41.5 Å². The van der Waals surface area contributed by atoms with Crippen molar-refractivity contribution in [3.05, 3.63) is 59.2 Å². The summed E-state index contributed by atoms with van der Waals surface area (Å²) in [6.07, 6.45) is 0. The van der Waals surface area contributed by atoms with Crippen molar-refractivity contribution in [3.8, 4) is 11.5 Å². The summed E-state index contributed by atoms with van der Waals surface area (Å²) in [5.74, 6) is 1.26. The normalized spacial score (nSPS) is 23.3. The van der Waals surface area contributed by atoms with Gasteiger partial charge in [0.05, 0.1) is 0 Å². The van der Waals surface area contributed by atoms with E-state index in [9.17, 15) is 4.79 Å². The van der Waals surface area contributed by atoms with Gasteiger partial charge < -0.3 is 0 Å². The second-order valence-electron chi connectivity index (χ2n) is 5.57. The van der Waals surface area contributed by atoms with Crippen LogP contribution >= 0.6 is 17.0 Å². The van der Waals surface area contributed by atoms with Crippen LogP contribution in [0.4, 0.5) is 0 Å². The predicted octanol–water partition coefficient (Wildman–Crippen LogP) is 3.77. The first kappa shape index (κ1) is 16.4. The number of rotatable bonds is 3. The molecule has 24 heavy (non-hydrogen) atoms. The van der Waals surface area contributed by atoms with Gasteiger partial charge in [0.2, 0.25) is 0 Å². The van der Waals surface area contributed by atoms with Gasteiger partial charge >= 0.3 is 152 Å². The first-order valence-corrected chi connectivity index (χ1v) is 15.9. The molecule has 0 N–H and O–H groups in total. The van der Waals surface area contributed by atoms with Gasteiger partial charge in [-0.3, -0.25) is 0 Å². The van der Waals surface area contributed by atoms with Crippen molar-refractivity contribution in [1.29, 1.82) is 0 Å². The first-order valence-electron chi connectivity index (χ1n) is 7.33. The van der Waals surface area contributed by atoms with E-state index in [-0.39, 0.29) is 11.9 Å². The summed E-state index contributed by atoms with van der Waals surface area (Å²) in [7, 11) is 16.3. The van der Waals surface area contributed by atoms with Gasteiger partial charge in [-0.1, -0.05) is 0 Å². The van der Waals surface area contributed by atoms with Crippen LogP contribution in [-0.2, 0) is 18.5 Å². The SMILES string of the molecule is COc1ccc(C2c3ccccc3C(=O)[N]3[N]2[Zr]3([Cl])[Cl])c(OC)c1. The molecule has 0 radical (unpaired) electrons. The first-order chi connectivity index (χ1) is 11.5. The van der Waals surface area contributed by atoms with E-state index in [0.29, 0.717) is 17.1 Å². The molecule has 2 unspecified atom stereocenters. The molecule has 0 spiro atoms. The van der Waals surface area contributed by atoms with E-state index in [4.69, 9.17) is 26.5 Å². The molecule has 2 aromatic rings. The van der Waals surface area contributed by atoms with E-state index in [2.05, 4.69) is 0 Å². The number of amides is 1. The van der Waals surface area contributed by atoms with E-state index in [1.54, 1.807) is 17.2 Å². The van der Waals surface area contributed by atoms with Gasteiger partial charge in [0.1, 0.15) is 0 Å². The van der Waals surface area contributed by atoms with Crippen LogP contribution in [0.1, 0.15) is 27.5 Å². The minimum atomic E-state index is -3.75. The summed E-state index contributed by atoms with van der Waals surface area (Å²) in [5, 5.41) is 0. The Hall–Kier alpha value is -1.07. The number of ether oxygens (including phenoxy) is 2. The summed E-state index contributed by atoms with van der Waals surface area (Å²) < 4.78 is 14.2. The molecule has 0 aliphatic carbocycles. The maximum atomic E-state index is 12.6. The summed E-state index contributed by atoms with van der Waals surface area (Å²) in [4.78, 5) is 12.6. The van der Waals surface area contributed by atoms with E-state index in [0.717, 1.165) is 11.1 Å². The Morgan fingerprint density at radius 3 is 2.50 bits per heavy atom. The predicted molar refractivity (Wildman–Crippen MR) is 87.5 cm³/mol.